The first-order valence-corrected chi connectivity index (χ1v) is 4.81. The molecule has 2 rings (SSSR count). The van der Waals surface area contributed by atoms with Crippen LogP contribution in [-0.4, -0.2) is 9.78 Å². The quantitative estimate of drug-likeness (QED) is 0.704. The second-order valence-corrected chi connectivity index (χ2v) is 3.56. The average molecular weight is 200 g/mol. The Morgan fingerprint density at radius 2 is 1.67 bits per heavy atom. The van der Waals surface area contributed by atoms with Crippen molar-refractivity contribution in [2.45, 2.75) is 13.8 Å². The molecule has 15 heavy (non-hydrogen) atoms. The Bertz CT molecular complexity index is 526. The summed E-state index contributed by atoms with van der Waals surface area (Å²) in [5.74, 6) is 0. The molecule has 3 nitrogen and oxygen atoms in total. The molecule has 0 aliphatic rings. The molecule has 0 aliphatic carbocycles. The minimum absolute atomic E-state index is 0.107. The van der Waals surface area contributed by atoms with E-state index in [1.54, 1.807) is 6.07 Å². The van der Waals surface area contributed by atoms with Gasteiger partial charge in [-0.3, -0.25) is 4.79 Å². The predicted molar refractivity (Wildman–Crippen MR) is 59.3 cm³/mol. The summed E-state index contributed by atoms with van der Waals surface area (Å²) in [5.41, 5.74) is 2.69. The Kier molecular flexibility index (Phi) is 2.37. The fraction of sp³-hybridized carbons (Fsp3) is 0.167. The van der Waals surface area contributed by atoms with Crippen molar-refractivity contribution < 1.29 is 0 Å². The molecule has 1 aromatic carbocycles. The van der Waals surface area contributed by atoms with Gasteiger partial charge in [0, 0.05) is 6.07 Å². The highest BCUT2D eigenvalue weighted by Crippen LogP contribution is 2.05. The van der Waals surface area contributed by atoms with Gasteiger partial charge in [0.05, 0.1) is 11.4 Å². The molecule has 76 valence electrons. The number of hydrogen-bond donors (Lipinski definition) is 0. The molecule has 0 unspecified atom stereocenters. The van der Waals surface area contributed by atoms with Crippen LogP contribution >= 0.6 is 0 Å². The number of rotatable bonds is 1. The van der Waals surface area contributed by atoms with E-state index in [-0.39, 0.29) is 5.56 Å². The lowest BCUT2D eigenvalue weighted by Gasteiger charge is -2.04. The van der Waals surface area contributed by atoms with E-state index < -0.39 is 0 Å². The third-order valence-electron chi connectivity index (χ3n) is 2.21. The van der Waals surface area contributed by atoms with E-state index in [0.29, 0.717) is 0 Å². The SMILES string of the molecule is Cc1ccc(-n2nc(C)ccc2=O)cc1. The second-order valence-electron chi connectivity index (χ2n) is 3.56. The summed E-state index contributed by atoms with van der Waals surface area (Å²) in [7, 11) is 0. The highest BCUT2D eigenvalue weighted by molar-refractivity contribution is 5.33. The summed E-state index contributed by atoms with van der Waals surface area (Å²) in [6, 6.07) is 11.0. The Morgan fingerprint density at radius 3 is 2.33 bits per heavy atom. The zero-order valence-electron chi connectivity index (χ0n) is 8.77. The van der Waals surface area contributed by atoms with Crippen LogP contribution in [0.15, 0.2) is 41.2 Å². The van der Waals surface area contributed by atoms with E-state index in [9.17, 15) is 4.79 Å². The number of benzene rings is 1. The molecule has 0 spiro atoms. The summed E-state index contributed by atoms with van der Waals surface area (Å²) in [4.78, 5) is 11.6. The van der Waals surface area contributed by atoms with E-state index in [0.717, 1.165) is 11.4 Å². The standard InChI is InChI=1S/C12H12N2O/c1-9-3-6-11(7-4-9)14-12(15)8-5-10(2)13-14/h3-8H,1-2H3. The third kappa shape index (κ3) is 1.96. The van der Waals surface area contributed by atoms with Crippen molar-refractivity contribution in [3.05, 3.63) is 58.0 Å². The van der Waals surface area contributed by atoms with Crippen LogP contribution < -0.4 is 5.56 Å². The van der Waals surface area contributed by atoms with Crippen molar-refractivity contribution in [1.29, 1.82) is 0 Å². The molecule has 0 amide bonds. The molecule has 2 aromatic rings. The summed E-state index contributed by atoms with van der Waals surface area (Å²) in [5, 5.41) is 4.18. The monoisotopic (exact) mass is 200 g/mol. The Hall–Kier alpha value is -1.90. The van der Waals surface area contributed by atoms with E-state index in [4.69, 9.17) is 0 Å². The lowest BCUT2D eigenvalue weighted by atomic mass is 10.2. The summed E-state index contributed by atoms with van der Waals surface area (Å²) >= 11 is 0. The van der Waals surface area contributed by atoms with Crippen LogP contribution in [0.1, 0.15) is 11.3 Å². The van der Waals surface area contributed by atoms with Crippen LogP contribution in [0.4, 0.5) is 0 Å². The maximum Gasteiger partial charge on any atom is 0.271 e. The maximum absolute atomic E-state index is 11.6. The fourth-order valence-corrected chi connectivity index (χ4v) is 1.37. The fourth-order valence-electron chi connectivity index (χ4n) is 1.37. The zero-order chi connectivity index (χ0) is 10.8. The molecule has 0 fully saturated rings. The van der Waals surface area contributed by atoms with Gasteiger partial charge in [0.15, 0.2) is 0 Å². The summed E-state index contributed by atoms with van der Waals surface area (Å²) < 4.78 is 1.41. The topological polar surface area (TPSA) is 34.9 Å². The van der Waals surface area contributed by atoms with Gasteiger partial charge in [0.25, 0.3) is 5.56 Å². The lowest BCUT2D eigenvalue weighted by molar-refractivity contribution is 0.785. The van der Waals surface area contributed by atoms with E-state index in [1.807, 2.05) is 38.1 Å². The van der Waals surface area contributed by atoms with Crippen LogP contribution in [-0.2, 0) is 0 Å². The zero-order valence-corrected chi connectivity index (χ0v) is 8.77. The largest absolute Gasteiger partial charge is 0.271 e. The molecular weight excluding hydrogens is 188 g/mol. The molecule has 0 atom stereocenters. The maximum atomic E-state index is 11.6. The molecule has 0 radical (unpaired) electrons. The van der Waals surface area contributed by atoms with E-state index >= 15 is 0 Å². The predicted octanol–water partition coefficient (Wildman–Crippen LogP) is 1.85. The number of aromatic nitrogens is 2. The van der Waals surface area contributed by atoms with Gasteiger partial charge in [-0.05, 0) is 32.0 Å². The summed E-state index contributed by atoms with van der Waals surface area (Å²) in [6.45, 7) is 3.88. The average Bonchev–Trinajstić information content (AvgIpc) is 2.23. The molecule has 0 bridgehead atoms. The van der Waals surface area contributed by atoms with Gasteiger partial charge in [-0.1, -0.05) is 17.7 Å². The van der Waals surface area contributed by atoms with Crippen molar-refractivity contribution in [3.8, 4) is 5.69 Å². The molecule has 1 aromatic heterocycles. The highest BCUT2D eigenvalue weighted by atomic mass is 16.1. The lowest BCUT2D eigenvalue weighted by Crippen LogP contribution is -2.20. The van der Waals surface area contributed by atoms with Gasteiger partial charge < -0.3 is 0 Å². The second kappa shape index (κ2) is 3.69. The van der Waals surface area contributed by atoms with Crippen molar-refractivity contribution in [2.75, 3.05) is 0 Å². The minimum atomic E-state index is -0.107. The van der Waals surface area contributed by atoms with Crippen molar-refractivity contribution in [2.24, 2.45) is 0 Å². The molecule has 1 heterocycles. The van der Waals surface area contributed by atoms with Crippen LogP contribution in [0.3, 0.4) is 0 Å². The van der Waals surface area contributed by atoms with Crippen LogP contribution in [0.2, 0.25) is 0 Å². The van der Waals surface area contributed by atoms with Crippen molar-refractivity contribution in [3.63, 3.8) is 0 Å². The molecule has 0 saturated heterocycles. The first-order chi connectivity index (χ1) is 7.16. The van der Waals surface area contributed by atoms with Gasteiger partial charge in [-0.15, -0.1) is 0 Å². The van der Waals surface area contributed by atoms with Crippen LogP contribution in [0.25, 0.3) is 5.69 Å². The first kappa shape index (κ1) is 9.65. The van der Waals surface area contributed by atoms with Gasteiger partial charge in [-0.25, -0.2) is 0 Å². The minimum Gasteiger partial charge on any atom is -0.267 e. The van der Waals surface area contributed by atoms with Crippen molar-refractivity contribution >= 4 is 0 Å². The van der Waals surface area contributed by atoms with Crippen LogP contribution in [0, 0.1) is 13.8 Å². The number of nitrogens with zero attached hydrogens (tertiary/aromatic N) is 2. The number of aryl methyl sites for hydroxylation is 2. The molecule has 3 heteroatoms. The number of hydrogen-bond acceptors (Lipinski definition) is 2. The van der Waals surface area contributed by atoms with Gasteiger partial charge >= 0.3 is 0 Å². The Labute approximate surface area is 88.0 Å². The van der Waals surface area contributed by atoms with Crippen LogP contribution in [0.5, 0.6) is 0 Å². The highest BCUT2D eigenvalue weighted by Gasteiger charge is 2.00. The van der Waals surface area contributed by atoms with E-state index in [1.165, 1.54) is 16.3 Å². The molecular formula is C12H12N2O. The molecule has 0 saturated carbocycles. The van der Waals surface area contributed by atoms with Gasteiger partial charge in [0.1, 0.15) is 0 Å². The normalized spacial score (nSPS) is 10.3. The molecule has 0 N–H and O–H groups in total. The Balaban J connectivity index is 2.58. The molecule has 0 aliphatic heterocycles. The van der Waals surface area contributed by atoms with E-state index in [2.05, 4.69) is 5.10 Å². The summed E-state index contributed by atoms with van der Waals surface area (Å²) in [6.07, 6.45) is 0. The Morgan fingerprint density at radius 1 is 1.00 bits per heavy atom. The third-order valence-corrected chi connectivity index (χ3v) is 2.21. The van der Waals surface area contributed by atoms with Gasteiger partial charge in [-0.2, -0.15) is 9.78 Å². The first-order valence-electron chi connectivity index (χ1n) is 4.81. The smallest absolute Gasteiger partial charge is 0.267 e. The van der Waals surface area contributed by atoms with Gasteiger partial charge in [0.2, 0.25) is 0 Å². The van der Waals surface area contributed by atoms with Crippen molar-refractivity contribution in [1.82, 2.24) is 9.78 Å².